The molecule has 0 amide bonds. The molecule has 1 aromatic heterocycles. The van der Waals surface area contributed by atoms with Gasteiger partial charge in [-0.3, -0.25) is 4.79 Å². The fourth-order valence-corrected chi connectivity index (χ4v) is 8.51. The van der Waals surface area contributed by atoms with Crippen LogP contribution in [0.3, 0.4) is 0 Å². The Hall–Kier alpha value is -1.57. The third-order valence-electron chi connectivity index (χ3n) is 10.1. The second kappa shape index (κ2) is 5.52. The van der Waals surface area contributed by atoms with Crippen LogP contribution in [-0.4, -0.2) is 10.4 Å². The minimum absolute atomic E-state index is 0.00361. The summed E-state index contributed by atoms with van der Waals surface area (Å²) in [6, 6.07) is 9.01. The minimum Gasteiger partial charge on any atom is -0.347 e. The summed E-state index contributed by atoms with van der Waals surface area (Å²) in [5.74, 6) is 3.63. The van der Waals surface area contributed by atoms with Crippen LogP contribution in [0.25, 0.3) is 10.9 Å². The van der Waals surface area contributed by atoms with Crippen LogP contribution in [0.4, 0.5) is 0 Å². The normalized spacial score (nSPS) is 42.0. The molecule has 3 saturated carbocycles. The van der Waals surface area contributed by atoms with E-state index in [0.29, 0.717) is 17.1 Å². The average Bonchev–Trinajstić information content (AvgIpc) is 3.14. The Bertz CT molecular complexity index is 986. The molecule has 0 radical (unpaired) electrons. The van der Waals surface area contributed by atoms with Crippen LogP contribution in [0.15, 0.2) is 24.3 Å². The second-order valence-electron chi connectivity index (χ2n) is 11.0. The van der Waals surface area contributed by atoms with Crippen molar-refractivity contribution in [3.8, 4) is 0 Å². The number of rotatable bonds is 0. The van der Waals surface area contributed by atoms with E-state index in [-0.39, 0.29) is 5.41 Å². The third kappa shape index (κ3) is 1.97. The van der Waals surface area contributed by atoms with Crippen molar-refractivity contribution in [2.24, 2.45) is 41.5 Å². The lowest BCUT2D eigenvalue weighted by molar-refractivity contribution is -0.136. The second-order valence-corrected chi connectivity index (χ2v) is 11.0. The van der Waals surface area contributed by atoms with Crippen LogP contribution in [-0.2, 0) is 24.7 Å². The number of para-hydroxylation sites is 1. The summed E-state index contributed by atoms with van der Waals surface area (Å²) in [5.41, 5.74) is 5.05. The number of ketones is 1. The van der Waals surface area contributed by atoms with E-state index >= 15 is 0 Å². The monoisotopic (exact) mass is 375 g/mol. The van der Waals surface area contributed by atoms with Gasteiger partial charge in [0.25, 0.3) is 0 Å². The van der Waals surface area contributed by atoms with Gasteiger partial charge in [0, 0.05) is 35.5 Å². The largest absolute Gasteiger partial charge is 0.347 e. The maximum atomic E-state index is 12.7. The molecule has 0 N–H and O–H groups in total. The SMILES string of the molecule is Cn1c2c(c3ccccc31)C[C@@]1(C)[C@@H](CC[C@H]3[C@@H]1CC[C@]1(C)C(=O)CC[C@@H]31)C2. The van der Waals surface area contributed by atoms with Crippen molar-refractivity contribution in [3.63, 3.8) is 0 Å². The van der Waals surface area contributed by atoms with Gasteiger partial charge in [0.2, 0.25) is 0 Å². The molecule has 4 aliphatic rings. The highest BCUT2D eigenvalue weighted by Gasteiger charge is 2.60. The van der Waals surface area contributed by atoms with Gasteiger partial charge < -0.3 is 4.57 Å². The van der Waals surface area contributed by atoms with Crippen LogP contribution in [0.2, 0.25) is 0 Å². The molecular formula is C26H33NO. The first-order chi connectivity index (χ1) is 13.4. The standard InChI is InChI=1S/C26H33NO/c1-25-13-12-21-18(20(25)10-11-24(25)28)9-8-16-14-23-19(15-26(16,21)2)17-6-4-5-7-22(17)27(23)3/h4-7,16,18,20-21H,8-15H2,1-3H3/t16-,18+,20-,21-,25-,26-/m0/s1. The molecule has 2 aromatic rings. The number of benzene rings is 1. The molecule has 2 heteroatoms. The Morgan fingerprint density at radius 1 is 1.04 bits per heavy atom. The fourth-order valence-electron chi connectivity index (χ4n) is 8.51. The van der Waals surface area contributed by atoms with Crippen LogP contribution in [0, 0.1) is 34.5 Å². The number of nitrogens with zero attached hydrogens (tertiary/aromatic N) is 1. The predicted octanol–water partition coefficient (Wildman–Crippen LogP) is 5.70. The highest BCUT2D eigenvalue weighted by atomic mass is 16.1. The van der Waals surface area contributed by atoms with Crippen molar-refractivity contribution in [1.82, 2.24) is 4.57 Å². The van der Waals surface area contributed by atoms with E-state index in [9.17, 15) is 4.79 Å². The summed E-state index contributed by atoms with van der Waals surface area (Å²) in [7, 11) is 2.27. The molecule has 0 bridgehead atoms. The topological polar surface area (TPSA) is 22.0 Å². The van der Waals surface area contributed by atoms with Gasteiger partial charge in [0.1, 0.15) is 5.78 Å². The zero-order chi connectivity index (χ0) is 19.3. The highest BCUT2D eigenvalue weighted by Crippen LogP contribution is 2.65. The average molecular weight is 376 g/mol. The number of aromatic nitrogens is 1. The summed E-state index contributed by atoms with van der Waals surface area (Å²) >= 11 is 0. The Morgan fingerprint density at radius 2 is 1.86 bits per heavy atom. The molecule has 148 valence electrons. The summed E-state index contributed by atoms with van der Waals surface area (Å²) in [5, 5.41) is 1.48. The molecule has 0 aliphatic heterocycles. The van der Waals surface area contributed by atoms with Gasteiger partial charge in [0.05, 0.1) is 0 Å². The molecular weight excluding hydrogens is 342 g/mol. The van der Waals surface area contributed by atoms with Gasteiger partial charge in [-0.1, -0.05) is 32.0 Å². The lowest BCUT2D eigenvalue weighted by atomic mass is 9.45. The molecule has 6 rings (SSSR count). The van der Waals surface area contributed by atoms with Crippen molar-refractivity contribution in [1.29, 1.82) is 0 Å². The van der Waals surface area contributed by atoms with E-state index in [1.54, 1.807) is 11.3 Å². The molecule has 0 spiro atoms. The third-order valence-corrected chi connectivity index (χ3v) is 10.1. The maximum absolute atomic E-state index is 12.7. The van der Waals surface area contributed by atoms with Crippen molar-refractivity contribution < 1.29 is 4.79 Å². The number of fused-ring (bicyclic) bond motifs is 8. The van der Waals surface area contributed by atoms with Crippen molar-refractivity contribution >= 4 is 16.7 Å². The smallest absolute Gasteiger partial charge is 0.139 e. The molecule has 1 heterocycles. The maximum Gasteiger partial charge on any atom is 0.139 e. The van der Waals surface area contributed by atoms with E-state index in [0.717, 1.165) is 37.0 Å². The Morgan fingerprint density at radius 3 is 2.71 bits per heavy atom. The molecule has 6 atom stereocenters. The molecule has 0 saturated heterocycles. The molecule has 28 heavy (non-hydrogen) atoms. The molecule has 3 fully saturated rings. The Labute approximate surface area is 168 Å². The number of carbonyl (C=O) groups excluding carboxylic acids is 1. The number of hydrogen-bond acceptors (Lipinski definition) is 1. The number of Topliss-reactive ketones (excluding diaryl/α,β-unsaturated/α-hetero) is 1. The van der Waals surface area contributed by atoms with Crippen molar-refractivity contribution in [2.45, 2.75) is 65.2 Å². The molecule has 1 aromatic carbocycles. The van der Waals surface area contributed by atoms with Gasteiger partial charge in [-0.05, 0) is 85.7 Å². The van der Waals surface area contributed by atoms with Crippen LogP contribution in [0.1, 0.15) is 63.6 Å². The summed E-state index contributed by atoms with van der Waals surface area (Å²) < 4.78 is 2.48. The predicted molar refractivity (Wildman–Crippen MR) is 113 cm³/mol. The van der Waals surface area contributed by atoms with Crippen LogP contribution in [0.5, 0.6) is 0 Å². The van der Waals surface area contributed by atoms with Gasteiger partial charge >= 0.3 is 0 Å². The van der Waals surface area contributed by atoms with Crippen molar-refractivity contribution in [3.05, 3.63) is 35.5 Å². The zero-order valence-electron chi connectivity index (χ0n) is 17.6. The number of hydrogen-bond donors (Lipinski definition) is 0. The fraction of sp³-hybridized carbons (Fsp3) is 0.654. The minimum atomic E-state index is 0.00361. The first kappa shape index (κ1) is 17.3. The summed E-state index contributed by atoms with van der Waals surface area (Å²) in [4.78, 5) is 12.7. The van der Waals surface area contributed by atoms with Crippen LogP contribution < -0.4 is 0 Å². The molecule has 4 aliphatic carbocycles. The molecule has 2 nitrogen and oxygen atoms in total. The van der Waals surface area contributed by atoms with E-state index in [2.05, 4.69) is 49.7 Å². The Balaban J connectivity index is 1.43. The van der Waals surface area contributed by atoms with Gasteiger partial charge in [-0.2, -0.15) is 0 Å². The van der Waals surface area contributed by atoms with Gasteiger partial charge in [-0.25, -0.2) is 0 Å². The van der Waals surface area contributed by atoms with Gasteiger partial charge in [0.15, 0.2) is 0 Å². The van der Waals surface area contributed by atoms with Gasteiger partial charge in [-0.15, -0.1) is 0 Å². The van der Waals surface area contributed by atoms with E-state index < -0.39 is 0 Å². The first-order valence-electron chi connectivity index (χ1n) is 11.5. The zero-order valence-corrected chi connectivity index (χ0v) is 17.6. The van der Waals surface area contributed by atoms with Crippen LogP contribution >= 0.6 is 0 Å². The van der Waals surface area contributed by atoms with Crippen molar-refractivity contribution in [2.75, 3.05) is 0 Å². The summed E-state index contributed by atoms with van der Waals surface area (Å²) in [6.07, 6.45) is 9.64. The molecule has 0 unspecified atom stereocenters. The quantitative estimate of drug-likeness (QED) is 0.578. The number of aryl methyl sites for hydroxylation is 1. The van der Waals surface area contributed by atoms with E-state index in [4.69, 9.17) is 0 Å². The Kier molecular flexibility index (Phi) is 3.41. The number of carbonyl (C=O) groups is 1. The lowest BCUT2D eigenvalue weighted by Gasteiger charge is -2.59. The first-order valence-corrected chi connectivity index (χ1v) is 11.5. The lowest BCUT2D eigenvalue weighted by Crippen LogP contribution is -2.54. The highest BCUT2D eigenvalue weighted by molar-refractivity contribution is 5.87. The van der Waals surface area contributed by atoms with E-state index in [1.807, 2.05) is 0 Å². The summed E-state index contributed by atoms with van der Waals surface area (Å²) in [6.45, 7) is 4.93. The van der Waals surface area contributed by atoms with E-state index in [1.165, 1.54) is 43.0 Å².